The topological polar surface area (TPSA) is 35.5 Å². The number of cyclic esters (lactones) is 1. The average molecular weight is 184 g/mol. The summed E-state index contributed by atoms with van der Waals surface area (Å²) in [5.41, 5.74) is 0.0582. The first-order valence-electron chi connectivity index (χ1n) is 4.94. The predicted molar refractivity (Wildman–Crippen MR) is 47.2 cm³/mol. The number of fused-ring (bicyclic) bond motifs is 1. The van der Waals surface area contributed by atoms with Gasteiger partial charge in [-0.25, -0.2) is 0 Å². The Morgan fingerprint density at radius 1 is 1.62 bits per heavy atom. The van der Waals surface area contributed by atoms with Crippen molar-refractivity contribution in [1.29, 1.82) is 0 Å². The molecule has 0 bridgehead atoms. The van der Waals surface area contributed by atoms with Crippen LogP contribution in [-0.2, 0) is 14.3 Å². The molecule has 4 unspecified atom stereocenters. The molecule has 0 N–H and O–H groups in total. The number of carbonyl (C=O) groups excluding carboxylic acids is 1. The van der Waals surface area contributed by atoms with Crippen LogP contribution in [0.2, 0.25) is 0 Å². The summed E-state index contributed by atoms with van der Waals surface area (Å²) in [5, 5.41) is 0. The van der Waals surface area contributed by atoms with Gasteiger partial charge in [0, 0.05) is 0 Å². The quantitative estimate of drug-likeness (QED) is 0.579. The average Bonchev–Trinajstić information content (AvgIpc) is 2.11. The normalized spacial score (nSPS) is 49.2. The second-order valence-corrected chi connectivity index (χ2v) is 4.22. The SMILES string of the molecule is CCC1OC(=O)CC2OC(C)C12C. The van der Waals surface area contributed by atoms with Gasteiger partial charge in [0.05, 0.1) is 24.0 Å². The Balaban J connectivity index is 2.20. The molecule has 2 rings (SSSR count). The highest BCUT2D eigenvalue weighted by Crippen LogP contribution is 2.50. The monoisotopic (exact) mass is 184 g/mol. The first-order valence-corrected chi connectivity index (χ1v) is 4.94. The highest BCUT2D eigenvalue weighted by atomic mass is 16.6. The first-order chi connectivity index (χ1) is 6.09. The lowest BCUT2D eigenvalue weighted by Gasteiger charge is -2.57. The van der Waals surface area contributed by atoms with E-state index in [1.807, 2.05) is 0 Å². The second kappa shape index (κ2) is 2.71. The lowest BCUT2D eigenvalue weighted by atomic mass is 9.66. The molecular weight excluding hydrogens is 168 g/mol. The van der Waals surface area contributed by atoms with Crippen LogP contribution in [0.1, 0.15) is 33.6 Å². The fourth-order valence-corrected chi connectivity index (χ4v) is 2.47. The Morgan fingerprint density at radius 3 is 2.85 bits per heavy atom. The summed E-state index contributed by atoms with van der Waals surface area (Å²) in [6, 6.07) is 0. The summed E-state index contributed by atoms with van der Waals surface area (Å²) in [4.78, 5) is 11.2. The Morgan fingerprint density at radius 2 is 2.31 bits per heavy atom. The smallest absolute Gasteiger partial charge is 0.308 e. The second-order valence-electron chi connectivity index (χ2n) is 4.22. The van der Waals surface area contributed by atoms with Crippen LogP contribution in [0.15, 0.2) is 0 Å². The zero-order valence-electron chi connectivity index (χ0n) is 8.37. The highest BCUT2D eigenvalue weighted by Gasteiger charge is 2.59. The van der Waals surface area contributed by atoms with Crippen LogP contribution in [0, 0.1) is 5.41 Å². The van der Waals surface area contributed by atoms with Crippen LogP contribution in [0.25, 0.3) is 0 Å². The van der Waals surface area contributed by atoms with Crippen molar-refractivity contribution >= 4 is 5.97 Å². The van der Waals surface area contributed by atoms with Gasteiger partial charge in [0.25, 0.3) is 0 Å². The number of hydrogen-bond donors (Lipinski definition) is 0. The van der Waals surface area contributed by atoms with Gasteiger partial charge in [-0.1, -0.05) is 13.8 Å². The third-order valence-corrected chi connectivity index (χ3v) is 3.63. The van der Waals surface area contributed by atoms with Crippen molar-refractivity contribution < 1.29 is 14.3 Å². The predicted octanol–water partition coefficient (Wildman–Crippen LogP) is 1.51. The van der Waals surface area contributed by atoms with Gasteiger partial charge in [-0.3, -0.25) is 4.79 Å². The molecule has 0 spiro atoms. The van der Waals surface area contributed by atoms with Gasteiger partial charge in [-0.05, 0) is 13.3 Å². The Bertz CT molecular complexity index is 238. The lowest BCUT2D eigenvalue weighted by Crippen LogP contribution is -2.66. The largest absolute Gasteiger partial charge is 0.462 e. The van der Waals surface area contributed by atoms with Crippen LogP contribution in [0.3, 0.4) is 0 Å². The zero-order valence-corrected chi connectivity index (χ0v) is 8.37. The summed E-state index contributed by atoms with van der Waals surface area (Å²) in [5.74, 6) is -0.110. The molecule has 0 aromatic heterocycles. The zero-order chi connectivity index (χ0) is 9.64. The maximum absolute atomic E-state index is 11.2. The van der Waals surface area contributed by atoms with Gasteiger partial charge in [-0.15, -0.1) is 0 Å². The molecule has 0 aromatic carbocycles. The van der Waals surface area contributed by atoms with Gasteiger partial charge in [0.15, 0.2) is 0 Å². The van der Waals surface area contributed by atoms with Crippen molar-refractivity contribution in [2.75, 3.05) is 0 Å². The van der Waals surface area contributed by atoms with Gasteiger partial charge in [0.2, 0.25) is 0 Å². The van der Waals surface area contributed by atoms with E-state index < -0.39 is 0 Å². The van der Waals surface area contributed by atoms with Crippen LogP contribution >= 0.6 is 0 Å². The molecule has 0 aromatic rings. The van der Waals surface area contributed by atoms with Gasteiger partial charge in [-0.2, -0.15) is 0 Å². The molecule has 4 atom stereocenters. The third-order valence-electron chi connectivity index (χ3n) is 3.63. The fraction of sp³-hybridized carbons (Fsp3) is 0.900. The molecule has 0 amide bonds. The maximum atomic E-state index is 11.2. The van der Waals surface area contributed by atoms with Crippen LogP contribution < -0.4 is 0 Å². The van der Waals surface area contributed by atoms with Crippen molar-refractivity contribution in [2.45, 2.75) is 51.9 Å². The van der Waals surface area contributed by atoms with Crippen molar-refractivity contribution in [3.63, 3.8) is 0 Å². The third kappa shape index (κ3) is 1.03. The molecule has 2 saturated heterocycles. The summed E-state index contributed by atoms with van der Waals surface area (Å²) in [6.07, 6.45) is 1.66. The van der Waals surface area contributed by atoms with Gasteiger partial charge < -0.3 is 9.47 Å². The number of hydrogen-bond acceptors (Lipinski definition) is 3. The van der Waals surface area contributed by atoms with Crippen molar-refractivity contribution in [3.05, 3.63) is 0 Å². The van der Waals surface area contributed by atoms with E-state index in [9.17, 15) is 4.79 Å². The Labute approximate surface area is 78.4 Å². The number of carbonyl (C=O) groups is 1. The standard InChI is InChI=1S/C10H16O3/c1-4-7-10(3)6(2)12-8(10)5-9(11)13-7/h6-8H,4-5H2,1-3H3. The Kier molecular flexibility index (Phi) is 1.88. The van der Waals surface area contributed by atoms with Gasteiger partial charge in [0.1, 0.15) is 6.10 Å². The molecule has 2 heterocycles. The van der Waals surface area contributed by atoms with E-state index in [0.717, 1.165) is 6.42 Å². The summed E-state index contributed by atoms with van der Waals surface area (Å²) in [6.45, 7) is 6.27. The minimum atomic E-state index is -0.110. The minimum Gasteiger partial charge on any atom is -0.462 e. The molecule has 0 saturated carbocycles. The molecule has 74 valence electrons. The summed E-state index contributed by atoms with van der Waals surface area (Å²) in [7, 11) is 0. The minimum absolute atomic E-state index is 0.0440. The molecule has 2 aliphatic rings. The lowest BCUT2D eigenvalue weighted by molar-refractivity contribution is -0.295. The van der Waals surface area contributed by atoms with Crippen LogP contribution in [-0.4, -0.2) is 24.3 Å². The van der Waals surface area contributed by atoms with E-state index in [2.05, 4.69) is 20.8 Å². The molecule has 3 nitrogen and oxygen atoms in total. The number of rotatable bonds is 1. The van der Waals surface area contributed by atoms with Crippen molar-refractivity contribution in [2.24, 2.45) is 5.41 Å². The Hall–Kier alpha value is -0.570. The summed E-state index contributed by atoms with van der Waals surface area (Å²) < 4.78 is 10.9. The maximum Gasteiger partial charge on any atom is 0.308 e. The fourth-order valence-electron chi connectivity index (χ4n) is 2.47. The van der Waals surface area contributed by atoms with Crippen LogP contribution in [0.5, 0.6) is 0 Å². The van der Waals surface area contributed by atoms with Crippen molar-refractivity contribution in [1.82, 2.24) is 0 Å². The summed E-state index contributed by atoms with van der Waals surface area (Å²) >= 11 is 0. The number of esters is 1. The van der Waals surface area contributed by atoms with Gasteiger partial charge >= 0.3 is 5.97 Å². The molecular formula is C10H16O3. The van der Waals surface area contributed by atoms with E-state index in [0.29, 0.717) is 6.42 Å². The highest BCUT2D eigenvalue weighted by molar-refractivity contribution is 5.72. The van der Waals surface area contributed by atoms with E-state index >= 15 is 0 Å². The van der Waals surface area contributed by atoms with E-state index in [-0.39, 0.29) is 29.7 Å². The molecule has 0 aliphatic carbocycles. The molecule has 2 fully saturated rings. The van der Waals surface area contributed by atoms with E-state index in [1.54, 1.807) is 0 Å². The molecule has 2 aliphatic heterocycles. The van der Waals surface area contributed by atoms with E-state index in [4.69, 9.17) is 9.47 Å². The molecule has 0 radical (unpaired) electrons. The van der Waals surface area contributed by atoms with E-state index in [1.165, 1.54) is 0 Å². The van der Waals surface area contributed by atoms with Crippen LogP contribution in [0.4, 0.5) is 0 Å². The molecule has 3 heteroatoms. The molecule has 13 heavy (non-hydrogen) atoms. The van der Waals surface area contributed by atoms with Crippen molar-refractivity contribution in [3.8, 4) is 0 Å². The first kappa shape index (κ1) is 9.00. The number of ether oxygens (including phenoxy) is 2.